The number of hydrogen-bond donors (Lipinski definition) is 1. The molecule has 0 radical (unpaired) electrons. The Morgan fingerprint density at radius 1 is 1.11 bits per heavy atom. The molecule has 1 heterocycles. The molecule has 0 fully saturated rings. The summed E-state index contributed by atoms with van der Waals surface area (Å²) in [4.78, 5) is 12.8. The van der Waals surface area contributed by atoms with Crippen LogP contribution in [0, 0.1) is 6.92 Å². The monoisotopic (exact) mass is 373 g/mol. The summed E-state index contributed by atoms with van der Waals surface area (Å²) >= 11 is 0. The van der Waals surface area contributed by atoms with Crippen LogP contribution in [-0.4, -0.2) is 11.5 Å². The lowest BCUT2D eigenvalue weighted by molar-refractivity contribution is -0.122. The van der Waals surface area contributed by atoms with Crippen LogP contribution in [0.5, 0.6) is 5.75 Å². The maximum atomic E-state index is 12.8. The van der Waals surface area contributed by atoms with Crippen LogP contribution in [0.2, 0.25) is 0 Å². The Hall–Kier alpha value is -2.81. The molecule has 1 N–H and O–H groups in total. The number of hydrogen-bond acceptors (Lipinski definition) is 2. The molecule has 28 heavy (non-hydrogen) atoms. The molecule has 3 nitrogen and oxygen atoms in total. The number of ether oxygens (including phenoxy) is 1. The smallest absolute Gasteiger partial charge is 0.220 e. The number of nitrogens with one attached hydrogen (secondary N) is 1. The highest BCUT2D eigenvalue weighted by molar-refractivity contribution is 5.86. The van der Waals surface area contributed by atoms with E-state index >= 15 is 0 Å². The van der Waals surface area contributed by atoms with Crippen molar-refractivity contribution < 1.29 is 9.53 Å². The second-order valence-corrected chi connectivity index (χ2v) is 8.37. The zero-order valence-electron chi connectivity index (χ0n) is 16.8. The summed E-state index contributed by atoms with van der Waals surface area (Å²) in [6.07, 6.45) is 1.98. The van der Waals surface area contributed by atoms with Gasteiger partial charge in [-0.15, -0.1) is 0 Å². The van der Waals surface area contributed by atoms with Crippen molar-refractivity contribution in [3.8, 4) is 5.75 Å². The quantitative estimate of drug-likeness (QED) is 0.656. The van der Waals surface area contributed by atoms with Gasteiger partial charge in [0, 0.05) is 18.4 Å². The molecular weight excluding hydrogens is 346 g/mol. The van der Waals surface area contributed by atoms with Gasteiger partial charge in [0.2, 0.25) is 5.91 Å². The van der Waals surface area contributed by atoms with Gasteiger partial charge in [0.1, 0.15) is 11.4 Å². The minimum atomic E-state index is -0.297. The van der Waals surface area contributed by atoms with Crippen LogP contribution >= 0.6 is 0 Å². The second-order valence-electron chi connectivity index (χ2n) is 8.37. The van der Waals surface area contributed by atoms with Crippen molar-refractivity contribution in [1.29, 1.82) is 0 Å². The predicted octanol–water partition coefficient (Wildman–Crippen LogP) is 5.50. The number of carbonyl (C=O) groups excluding carboxylic acids is 1. The van der Waals surface area contributed by atoms with E-state index in [1.807, 2.05) is 6.07 Å². The van der Waals surface area contributed by atoms with Crippen molar-refractivity contribution >= 4 is 16.7 Å². The van der Waals surface area contributed by atoms with Crippen molar-refractivity contribution in [3.63, 3.8) is 0 Å². The standard InChI is InChI=1S/C25H27NO2/c1-17-11-13-21-22(16-25(2,3)28-23(21)15-17)26-24(27)14-12-19-9-6-8-18-7-4-5-10-20(18)19/h4-11,13,15,22H,12,14,16H2,1-3H3,(H,26,27)/t22-/m1/s1. The molecule has 1 aliphatic heterocycles. The number of aryl methyl sites for hydroxylation is 2. The molecule has 0 aromatic heterocycles. The fraction of sp³-hybridized carbons (Fsp3) is 0.320. The van der Waals surface area contributed by atoms with Crippen molar-refractivity contribution in [2.24, 2.45) is 0 Å². The molecule has 0 bridgehead atoms. The SMILES string of the molecule is Cc1ccc2c(c1)OC(C)(C)C[C@H]2NC(=O)CCc1cccc2ccccc12. The molecule has 0 spiro atoms. The molecule has 0 saturated carbocycles. The third-order valence-corrected chi connectivity index (χ3v) is 5.46. The largest absolute Gasteiger partial charge is 0.487 e. The van der Waals surface area contributed by atoms with Crippen LogP contribution in [0.25, 0.3) is 10.8 Å². The summed E-state index contributed by atoms with van der Waals surface area (Å²) in [7, 11) is 0. The lowest BCUT2D eigenvalue weighted by Crippen LogP contribution is -2.41. The van der Waals surface area contributed by atoms with E-state index in [4.69, 9.17) is 4.74 Å². The minimum Gasteiger partial charge on any atom is -0.487 e. The van der Waals surface area contributed by atoms with Gasteiger partial charge in [0.15, 0.2) is 0 Å². The summed E-state index contributed by atoms with van der Waals surface area (Å²) in [6, 6.07) is 20.8. The fourth-order valence-electron chi connectivity index (χ4n) is 4.11. The maximum Gasteiger partial charge on any atom is 0.220 e. The van der Waals surface area contributed by atoms with E-state index < -0.39 is 0 Å². The van der Waals surface area contributed by atoms with Gasteiger partial charge in [0.05, 0.1) is 6.04 Å². The van der Waals surface area contributed by atoms with Gasteiger partial charge in [-0.3, -0.25) is 4.79 Å². The Kier molecular flexibility index (Phi) is 4.84. The Morgan fingerprint density at radius 3 is 2.75 bits per heavy atom. The average molecular weight is 373 g/mol. The Bertz CT molecular complexity index is 1020. The maximum absolute atomic E-state index is 12.8. The molecule has 4 rings (SSSR count). The van der Waals surface area contributed by atoms with Crippen molar-refractivity contribution in [2.45, 2.75) is 51.7 Å². The highest BCUT2D eigenvalue weighted by atomic mass is 16.5. The van der Waals surface area contributed by atoms with Crippen LogP contribution in [0.15, 0.2) is 60.7 Å². The van der Waals surface area contributed by atoms with Crippen LogP contribution in [-0.2, 0) is 11.2 Å². The van der Waals surface area contributed by atoms with Gasteiger partial charge >= 0.3 is 0 Å². The molecule has 0 aliphatic carbocycles. The highest BCUT2D eigenvalue weighted by Crippen LogP contribution is 2.39. The van der Waals surface area contributed by atoms with E-state index in [1.54, 1.807) is 0 Å². The van der Waals surface area contributed by atoms with Crippen molar-refractivity contribution in [1.82, 2.24) is 5.32 Å². The van der Waals surface area contributed by atoms with Crippen LogP contribution in [0.3, 0.4) is 0 Å². The van der Waals surface area contributed by atoms with Gasteiger partial charge in [-0.2, -0.15) is 0 Å². The van der Waals surface area contributed by atoms with Gasteiger partial charge in [-0.25, -0.2) is 0 Å². The summed E-state index contributed by atoms with van der Waals surface area (Å²) in [6.45, 7) is 6.21. The van der Waals surface area contributed by atoms with Gasteiger partial charge < -0.3 is 10.1 Å². The second kappa shape index (κ2) is 7.31. The van der Waals surface area contributed by atoms with Crippen LogP contribution in [0.4, 0.5) is 0 Å². The zero-order valence-corrected chi connectivity index (χ0v) is 16.8. The Balaban J connectivity index is 1.48. The molecule has 0 saturated heterocycles. The summed E-state index contributed by atoms with van der Waals surface area (Å²) < 4.78 is 6.14. The molecule has 0 unspecified atom stereocenters. The third-order valence-electron chi connectivity index (χ3n) is 5.46. The van der Waals surface area contributed by atoms with Gasteiger partial charge in [0.25, 0.3) is 0 Å². The molecular formula is C25H27NO2. The van der Waals surface area contributed by atoms with E-state index in [2.05, 4.69) is 80.7 Å². The van der Waals surface area contributed by atoms with Crippen LogP contribution < -0.4 is 10.1 Å². The molecule has 144 valence electrons. The van der Waals surface area contributed by atoms with E-state index in [9.17, 15) is 4.79 Å². The van der Waals surface area contributed by atoms with E-state index in [0.717, 1.165) is 29.7 Å². The fourth-order valence-corrected chi connectivity index (χ4v) is 4.11. The molecule has 1 amide bonds. The zero-order chi connectivity index (χ0) is 19.7. The first kappa shape index (κ1) is 18.5. The first-order valence-electron chi connectivity index (χ1n) is 9.97. The van der Waals surface area contributed by atoms with Crippen LogP contribution in [0.1, 0.15) is 49.4 Å². The number of benzene rings is 3. The van der Waals surface area contributed by atoms with E-state index in [1.165, 1.54) is 16.3 Å². The number of fused-ring (bicyclic) bond motifs is 2. The molecule has 3 aromatic rings. The number of rotatable bonds is 4. The lowest BCUT2D eigenvalue weighted by atomic mass is 9.89. The van der Waals surface area contributed by atoms with Gasteiger partial charge in [-0.05, 0) is 55.2 Å². The topological polar surface area (TPSA) is 38.3 Å². The van der Waals surface area contributed by atoms with Gasteiger partial charge in [-0.1, -0.05) is 54.6 Å². The Labute approximate surface area is 166 Å². The predicted molar refractivity (Wildman–Crippen MR) is 114 cm³/mol. The summed E-state index contributed by atoms with van der Waals surface area (Å²) in [5.74, 6) is 0.970. The highest BCUT2D eigenvalue weighted by Gasteiger charge is 2.34. The first-order valence-corrected chi connectivity index (χ1v) is 9.97. The van der Waals surface area contributed by atoms with Crippen molar-refractivity contribution in [2.75, 3.05) is 0 Å². The number of amides is 1. The van der Waals surface area contributed by atoms with E-state index in [-0.39, 0.29) is 17.6 Å². The Morgan fingerprint density at radius 2 is 1.89 bits per heavy atom. The molecule has 1 aliphatic rings. The third kappa shape index (κ3) is 3.89. The minimum absolute atomic E-state index is 0.0145. The summed E-state index contributed by atoms with van der Waals surface area (Å²) in [5.41, 5.74) is 3.16. The molecule has 1 atom stereocenters. The van der Waals surface area contributed by atoms with Crippen molar-refractivity contribution in [3.05, 3.63) is 77.4 Å². The number of carbonyl (C=O) groups is 1. The molecule has 3 heteroatoms. The summed E-state index contributed by atoms with van der Waals surface area (Å²) in [5, 5.41) is 5.70. The van der Waals surface area contributed by atoms with E-state index in [0.29, 0.717) is 6.42 Å². The lowest BCUT2D eigenvalue weighted by Gasteiger charge is -2.38. The first-order chi connectivity index (χ1) is 13.4. The normalized spacial score (nSPS) is 17.6. The average Bonchev–Trinajstić information content (AvgIpc) is 2.65. The molecule has 3 aromatic carbocycles.